The average molecular weight is 581 g/mol. The second-order valence-electron chi connectivity index (χ2n) is 7.94. The molecule has 1 N–H and O–H groups in total. The van der Waals surface area contributed by atoms with Crippen LogP contribution in [0, 0.1) is 0 Å². The first kappa shape index (κ1) is 26.5. The van der Waals surface area contributed by atoms with Crippen molar-refractivity contribution in [1.29, 1.82) is 0 Å². The Balaban J connectivity index is 1.60. The van der Waals surface area contributed by atoms with Crippen molar-refractivity contribution in [2.24, 2.45) is 4.99 Å². The molecule has 1 amide bonds. The zero-order valence-electron chi connectivity index (χ0n) is 20.3. The summed E-state index contributed by atoms with van der Waals surface area (Å²) in [4.78, 5) is 30.9. The number of thioether (sulfide) groups is 1. The van der Waals surface area contributed by atoms with Crippen LogP contribution in [-0.2, 0) is 11.4 Å². The molecule has 3 aromatic carbocycles. The van der Waals surface area contributed by atoms with Crippen molar-refractivity contribution in [3.05, 3.63) is 92.8 Å². The summed E-state index contributed by atoms with van der Waals surface area (Å²) in [6.45, 7) is 5.10. The summed E-state index contributed by atoms with van der Waals surface area (Å²) < 4.78 is 12.6. The number of likely N-dealkylation sites (N-methyl/N-ethyl adjacent to an activating group) is 1. The standard InChI is InChI=1S/C28H25BrN2O5S/c1-3-31-26(32)24(37-28(31)30-21-12-10-20(11-13-21)27(33)34)16-19-14-22(29)25(23(15-19)35-4-2)36-17-18-8-6-5-7-9-18/h5-16H,3-4,17H2,1-2H3,(H,33,34)/b24-16+,30-28?. The highest BCUT2D eigenvalue weighted by atomic mass is 79.9. The molecule has 0 spiro atoms. The smallest absolute Gasteiger partial charge is 0.335 e. The molecule has 0 aromatic heterocycles. The van der Waals surface area contributed by atoms with Crippen LogP contribution in [0.5, 0.6) is 11.5 Å². The van der Waals surface area contributed by atoms with Crippen LogP contribution >= 0.6 is 27.7 Å². The number of hydrogen-bond donors (Lipinski definition) is 1. The zero-order valence-corrected chi connectivity index (χ0v) is 22.7. The number of carbonyl (C=O) groups excluding carboxylic acids is 1. The highest BCUT2D eigenvalue weighted by molar-refractivity contribution is 9.10. The van der Waals surface area contributed by atoms with Gasteiger partial charge in [0.05, 0.1) is 27.2 Å². The molecule has 1 heterocycles. The maximum absolute atomic E-state index is 13.1. The number of aromatic carboxylic acids is 1. The van der Waals surface area contributed by atoms with Crippen molar-refractivity contribution in [2.45, 2.75) is 20.5 Å². The van der Waals surface area contributed by atoms with E-state index in [0.29, 0.717) is 47.0 Å². The van der Waals surface area contributed by atoms with Gasteiger partial charge in [-0.1, -0.05) is 30.3 Å². The molecule has 1 saturated heterocycles. The summed E-state index contributed by atoms with van der Waals surface area (Å²) in [7, 11) is 0. The maximum atomic E-state index is 13.1. The highest BCUT2D eigenvalue weighted by Gasteiger charge is 2.32. The van der Waals surface area contributed by atoms with Gasteiger partial charge in [0, 0.05) is 6.54 Å². The van der Waals surface area contributed by atoms with Gasteiger partial charge in [0.25, 0.3) is 5.91 Å². The molecule has 0 radical (unpaired) electrons. The maximum Gasteiger partial charge on any atom is 0.335 e. The molecule has 37 heavy (non-hydrogen) atoms. The van der Waals surface area contributed by atoms with E-state index in [0.717, 1.165) is 15.6 Å². The normalized spacial score (nSPS) is 15.4. The molecule has 0 saturated carbocycles. The monoisotopic (exact) mass is 580 g/mol. The van der Waals surface area contributed by atoms with Gasteiger partial charge in [-0.2, -0.15) is 0 Å². The van der Waals surface area contributed by atoms with Gasteiger partial charge >= 0.3 is 5.97 Å². The van der Waals surface area contributed by atoms with Gasteiger partial charge in [-0.05, 0) is 95.1 Å². The van der Waals surface area contributed by atoms with E-state index in [1.807, 2.05) is 56.3 Å². The Bertz CT molecular complexity index is 1360. The third-order valence-electron chi connectivity index (χ3n) is 5.40. The fraction of sp³-hybridized carbons (Fsp3) is 0.179. The number of carboxylic acid groups (broad SMARTS) is 1. The molecule has 4 rings (SSSR count). The van der Waals surface area contributed by atoms with Crippen LogP contribution in [0.2, 0.25) is 0 Å². The van der Waals surface area contributed by atoms with Crippen LogP contribution in [0.1, 0.15) is 35.3 Å². The van der Waals surface area contributed by atoms with Crippen LogP contribution in [0.4, 0.5) is 5.69 Å². The molecule has 1 aliphatic rings. The number of rotatable bonds is 9. The number of benzene rings is 3. The molecule has 0 unspecified atom stereocenters. The predicted octanol–water partition coefficient (Wildman–Crippen LogP) is 6.75. The number of amides is 1. The summed E-state index contributed by atoms with van der Waals surface area (Å²) in [5, 5.41) is 9.64. The van der Waals surface area contributed by atoms with Crippen molar-refractivity contribution in [1.82, 2.24) is 4.90 Å². The Kier molecular flexibility index (Phi) is 8.68. The van der Waals surface area contributed by atoms with E-state index in [-0.39, 0.29) is 11.5 Å². The molecule has 0 atom stereocenters. The lowest BCUT2D eigenvalue weighted by Crippen LogP contribution is -2.28. The van der Waals surface area contributed by atoms with E-state index < -0.39 is 5.97 Å². The number of amidine groups is 1. The number of carbonyl (C=O) groups is 2. The summed E-state index contributed by atoms with van der Waals surface area (Å²) in [5.41, 5.74) is 2.57. The van der Waals surface area contributed by atoms with E-state index in [2.05, 4.69) is 20.9 Å². The summed E-state index contributed by atoms with van der Waals surface area (Å²) in [6.07, 6.45) is 1.81. The quantitative estimate of drug-likeness (QED) is 0.282. The number of carboxylic acids is 1. The Morgan fingerprint density at radius 2 is 1.81 bits per heavy atom. The Morgan fingerprint density at radius 3 is 2.46 bits per heavy atom. The third kappa shape index (κ3) is 6.42. The lowest BCUT2D eigenvalue weighted by Gasteiger charge is -2.15. The number of nitrogens with zero attached hydrogens (tertiary/aromatic N) is 2. The van der Waals surface area contributed by atoms with Crippen molar-refractivity contribution in [2.75, 3.05) is 13.2 Å². The fourth-order valence-electron chi connectivity index (χ4n) is 3.61. The predicted molar refractivity (Wildman–Crippen MR) is 150 cm³/mol. The fourth-order valence-corrected chi connectivity index (χ4v) is 5.25. The van der Waals surface area contributed by atoms with E-state index in [1.165, 1.54) is 23.9 Å². The van der Waals surface area contributed by atoms with Gasteiger partial charge in [-0.3, -0.25) is 9.69 Å². The minimum absolute atomic E-state index is 0.146. The average Bonchev–Trinajstić information content (AvgIpc) is 3.18. The second kappa shape index (κ2) is 12.1. The largest absolute Gasteiger partial charge is 0.490 e. The summed E-state index contributed by atoms with van der Waals surface area (Å²) in [6, 6.07) is 19.8. The molecular weight excluding hydrogens is 556 g/mol. The Labute approximate surface area is 227 Å². The summed E-state index contributed by atoms with van der Waals surface area (Å²) in [5.74, 6) is 0.0290. The molecule has 190 valence electrons. The molecule has 3 aromatic rings. The lowest BCUT2D eigenvalue weighted by atomic mass is 10.1. The molecule has 9 heteroatoms. The van der Waals surface area contributed by atoms with E-state index in [9.17, 15) is 9.59 Å². The minimum Gasteiger partial charge on any atom is -0.490 e. The van der Waals surface area contributed by atoms with Crippen LogP contribution in [0.15, 0.2) is 81.1 Å². The van der Waals surface area contributed by atoms with Crippen molar-refractivity contribution >= 4 is 56.5 Å². The summed E-state index contributed by atoms with van der Waals surface area (Å²) >= 11 is 4.87. The Morgan fingerprint density at radius 1 is 1.08 bits per heavy atom. The molecule has 7 nitrogen and oxygen atoms in total. The topological polar surface area (TPSA) is 88.4 Å². The number of hydrogen-bond acceptors (Lipinski definition) is 6. The second-order valence-corrected chi connectivity index (χ2v) is 9.81. The van der Waals surface area contributed by atoms with Gasteiger partial charge in [0.15, 0.2) is 16.7 Å². The van der Waals surface area contributed by atoms with Crippen LogP contribution in [-0.4, -0.2) is 40.2 Å². The van der Waals surface area contributed by atoms with Crippen molar-refractivity contribution in [3.8, 4) is 11.5 Å². The van der Waals surface area contributed by atoms with Crippen LogP contribution in [0.3, 0.4) is 0 Å². The van der Waals surface area contributed by atoms with E-state index >= 15 is 0 Å². The zero-order chi connectivity index (χ0) is 26.4. The Hall–Kier alpha value is -3.56. The highest BCUT2D eigenvalue weighted by Crippen LogP contribution is 2.40. The first-order chi connectivity index (χ1) is 17.9. The van der Waals surface area contributed by atoms with Gasteiger partial charge < -0.3 is 14.6 Å². The molecular formula is C28H25BrN2O5S. The van der Waals surface area contributed by atoms with Crippen molar-refractivity contribution in [3.63, 3.8) is 0 Å². The van der Waals surface area contributed by atoms with Gasteiger partial charge in [-0.25, -0.2) is 9.79 Å². The molecule has 0 aliphatic carbocycles. The first-order valence-electron chi connectivity index (χ1n) is 11.7. The number of ether oxygens (including phenoxy) is 2. The number of halogens is 1. The van der Waals surface area contributed by atoms with Gasteiger partial charge in [-0.15, -0.1) is 0 Å². The van der Waals surface area contributed by atoms with E-state index in [4.69, 9.17) is 14.6 Å². The van der Waals surface area contributed by atoms with Crippen molar-refractivity contribution < 1.29 is 24.2 Å². The number of aliphatic imine (C=N–C) groups is 1. The lowest BCUT2D eigenvalue weighted by molar-refractivity contribution is -0.122. The molecule has 1 aliphatic heterocycles. The van der Waals surface area contributed by atoms with Gasteiger partial charge in [0.2, 0.25) is 0 Å². The van der Waals surface area contributed by atoms with Gasteiger partial charge in [0.1, 0.15) is 6.61 Å². The van der Waals surface area contributed by atoms with E-state index in [1.54, 1.807) is 23.1 Å². The third-order valence-corrected chi connectivity index (χ3v) is 6.99. The SMILES string of the molecule is CCOc1cc(/C=C2/SC(=Nc3ccc(C(=O)O)cc3)N(CC)C2=O)cc(Br)c1OCc1ccccc1. The minimum atomic E-state index is -1.00. The molecule has 0 bridgehead atoms. The van der Waals surface area contributed by atoms with Crippen LogP contribution < -0.4 is 9.47 Å². The first-order valence-corrected chi connectivity index (χ1v) is 13.3. The van der Waals surface area contributed by atoms with Crippen LogP contribution in [0.25, 0.3) is 6.08 Å². The molecule has 1 fully saturated rings.